The Morgan fingerprint density at radius 3 is 2.50 bits per heavy atom. The van der Waals surface area contributed by atoms with Crippen molar-refractivity contribution in [2.45, 2.75) is 6.42 Å². The summed E-state index contributed by atoms with van der Waals surface area (Å²) < 4.78 is 0. The average molecular weight is 150 g/mol. The van der Waals surface area contributed by atoms with Crippen LogP contribution in [0.2, 0.25) is 0 Å². The van der Waals surface area contributed by atoms with Gasteiger partial charge in [0.05, 0.1) is 0 Å². The largest absolute Gasteiger partial charge is 0.299 e. The van der Waals surface area contributed by atoms with Gasteiger partial charge in [-0.2, -0.15) is 0 Å². The van der Waals surface area contributed by atoms with E-state index >= 15 is 0 Å². The first-order chi connectivity index (χ1) is 2.91. The quantitative estimate of drug-likeness (QED) is 0.421. The highest BCUT2D eigenvalue weighted by atomic mass is 79.9. The van der Waals surface area contributed by atoms with Gasteiger partial charge in [-0.15, -0.1) is 0 Å². The molecule has 0 N–H and O–H groups in total. The second-order valence-electron chi connectivity index (χ2n) is 0.849. The molecule has 0 bridgehead atoms. The first-order valence-corrected chi connectivity index (χ1v) is 2.87. The zero-order chi connectivity index (χ0) is 4.83. The molecule has 0 aromatic carbocycles. The van der Waals surface area contributed by atoms with E-state index in [2.05, 4.69) is 15.9 Å². The van der Waals surface area contributed by atoms with E-state index in [0.29, 0.717) is 0 Å². The van der Waals surface area contributed by atoms with E-state index in [1.54, 1.807) is 6.08 Å². The third-order valence-corrected chi connectivity index (χ3v) is 0.830. The maximum Gasteiger partial charge on any atom is 0.138 e. The van der Waals surface area contributed by atoms with Gasteiger partial charge in [0, 0.05) is 5.33 Å². The topological polar surface area (TPSA) is 19.9 Å². The second kappa shape index (κ2) is 5.02. The molecule has 1 nitrogen and oxygen atoms in total. The maximum atomic E-state index is 9.49. The number of allylic oxidation sites excluding steroid dienone is 1. The van der Waals surface area contributed by atoms with Gasteiger partial charge in [0.25, 0.3) is 0 Å². The van der Waals surface area contributed by atoms with Crippen molar-refractivity contribution in [3.8, 4) is 0 Å². The number of halogens is 1. The predicted molar refractivity (Wildman–Crippen MR) is 28.2 cm³/mol. The van der Waals surface area contributed by atoms with E-state index in [1.807, 2.05) is 0 Å². The van der Waals surface area contributed by atoms with Crippen molar-refractivity contribution < 1.29 is 5.11 Å². The minimum Gasteiger partial charge on any atom is -0.299 e. The van der Waals surface area contributed by atoms with Crippen LogP contribution in [-0.4, -0.2) is 5.33 Å². The summed E-state index contributed by atoms with van der Waals surface area (Å²) in [6.07, 6.45) is 3.22. The van der Waals surface area contributed by atoms with Crippen LogP contribution < -0.4 is 0 Å². The Morgan fingerprint density at radius 1 is 1.67 bits per heavy atom. The number of rotatable bonds is 2. The van der Waals surface area contributed by atoms with E-state index in [4.69, 9.17) is 0 Å². The SMILES string of the molecule is [O]C=CCCBr. The molecule has 0 spiro atoms. The summed E-state index contributed by atoms with van der Waals surface area (Å²) >= 11 is 3.16. The van der Waals surface area contributed by atoms with Crippen LogP contribution >= 0.6 is 15.9 Å². The lowest BCUT2D eigenvalue weighted by Crippen LogP contribution is -1.61. The number of alkyl halides is 1. The first-order valence-electron chi connectivity index (χ1n) is 1.74. The number of hydrogen-bond acceptors (Lipinski definition) is 0. The molecular formula is C4H6BrO. The van der Waals surface area contributed by atoms with E-state index < -0.39 is 0 Å². The van der Waals surface area contributed by atoms with Gasteiger partial charge in [-0.1, -0.05) is 15.9 Å². The molecule has 0 unspecified atom stereocenters. The monoisotopic (exact) mass is 149 g/mol. The predicted octanol–water partition coefficient (Wildman–Crippen LogP) is 1.72. The van der Waals surface area contributed by atoms with Crippen LogP contribution in [-0.2, 0) is 5.11 Å². The summed E-state index contributed by atoms with van der Waals surface area (Å²) in [6, 6.07) is 0. The molecule has 0 saturated carbocycles. The fraction of sp³-hybridized carbons (Fsp3) is 0.500. The Balaban J connectivity index is 2.66. The summed E-state index contributed by atoms with van der Waals surface area (Å²) in [5.41, 5.74) is 0. The molecule has 2 heteroatoms. The summed E-state index contributed by atoms with van der Waals surface area (Å²) in [4.78, 5) is 0. The summed E-state index contributed by atoms with van der Waals surface area (Å²) in [5, 5.41) is 10.4. The minimum absolute atomic E-state index is 0.807. The van der Waals surface area contributed by atoms with Crippen molar-refractivity contribution in [2.24, 2.45) is 0 Å². The summed E-state index contributed by atoms with van der Waals surface area (Å²) in [6.45, 7) is 0. The normalized spacial score (nSPS) is 10.2. The van der Waals surface area contributed by atoms with Crippen LogP contribution in [0.1, 0.15) is 6.42 Å². The third-order valence-electron chi connectivity index (χ3n) is 0.372. The lowest BCUT2D eigenvalue weighted by Gasteiger charge is -1.72. The van der Waals surface area contributed by atoms with Gasteiger partial charge in [-0.3, -0.25) is 5.11 Å². The molecule has 0 aromatic rings. The molecule has 6 heavy (non-hydrogen) atoms. The fourth-order valence-corrected chi connectivity index (χ4v) is 0.395. The van der Waals surface area contributed by atoms with Gasteiger partial charge in [-0.25, -0.2) is 0 Å². The van der Waals surface area contributed by atoms with Gasteiger partial charge in [0.1, 0.15) is 6.26 Å². The fourth-order valence-electron chi connectivity index (χ4n) is 0.131. The average Bonchev–Trinajstić information content (AvgIpc) is 1.61. The van der Waals surface area contributed by atoms with Crippen molar-refractivity contribution in [2.75, 3.05) is 5.33 Å². The molecule has 0 atom stereocenters. The zero-order valence-electron chi connectivity index (χ0n) is 3.36. The maximum absolute atomic E-state index is 9.49. The Morgan fingerprint density at radius 2 is 2.33 bits per heavy atom. The molecule has 0 aliphatic rings. The molecule has 1 radical (unpaired) electrons. The van der Waals surface area contributed by atoms with E-state index in [0.717, 1.165) is 18.0 Å². The molecule has 0 aliphatic carbocycles. The van der Waals surface area contributed by atoms with Gasteiger partial charge >= 0.3 is 0 Å². The molecule has 0 heterocycles. The highest BCUT2D eigenvalue weighted by Gasteiger charge is 1.68. The Kier molecular flexibility index (Phi) is 5.04. The smallest absolute Gasteiger partial charge is 0.138 e. The lowest BCUT2D eigenvalue weighted by atomic mass is 10.5. The van der Waals surface area contributed by atoms with Crippen LogP contribution in [0.4, 0.5) is 0 Å². The first kappa shape index (κ1) is 6.02. The summed E-state index contributed by atoms with van der Waals surface area (Å²) in [7, 11) is 0. The van der Waals surface area contributed by atoms with Crippen LogP contribution in [0, 0.1) is 0 Å². The van der Waals surface area contributed by atoms with Crippen LogP contribution in [0.3, 0.4) is 0 Å². The molecular weight excluding hydrogens is 144 g/mol. The van der Waals surface area contributed by atoms with Crippen molar-refractivity contribution in [3.63, 3.8) is 0 Å². The lowest BCUT2D eigenvalue weighted by molar-refractivity contribution is 0.350. The summed E-state index contributed by atoms with van der Waals surface area (Å²) in [5.74, 6) is 0. The Bertz CT molecular complexity index is 42.8. The van der Waals surface area contributed by atoms with E-state index in [1.165, 1.54) is 0 Å². The molecule has 35 valence electrons. The van der Waals surface area contributed by atoms with Crippen molar-refractivity contribution in [3.05, 3.63) is 12.3 Å². The van der Waals surface area contributed by atoms with E-state index in [9.17, 15) is 5.11 Å². The minimum atomic E-state index is 0.807. The number of hydrogen-bond donors (Lipinski definition) is 0. The van der Waals surface area contributed by atoms with Crippen molar-refractivity contribution in [1.82, 2.24) is 0 Å². The van der Waals surface area contributed by atoms with Crippen molar-refractivity contribution >= 4 is 15.9 Å². The van der Waals surface area contributed by atoms with Crippen LogP contribution in [0.15, 0.2) is 12.3 Å². The molecule has 0 amide bonds. The Labute approximate surface area is 45.8 Å². The van der Waals surface area contributed by atoms with E-state index in [-0.39, 0.29) is 0 Å². The zero-order valence-corrected chi connectivity index (χ0v) is 4.94. The highest BCUT2D eigenvalue weighted by Crippen LogP contribution is 1.86. The molecule has 0 aliphatic heterocycles. The van der Waals surface area contributed by atoms with Crippen LogP contribution in [0.25, 0.3) is 0 Å². The molecule has 0 rings (SSSR count). The highest BCUT2D eigenvalue weighted by molar-refractivity contribution is 9.09. The van der Waals surface area contributed by atoms with Gasteiger partial charge in [0.2, 0.25) is 0 Å². The van der Waals surface area contributed by atoms with Gasteiger partial charge in [0.15, 0.2) is 0 Å². The molecule has 0 fully saturated rings. The molecule has 0 aromatic heterocycles. The van der Waals surface area contributed by atoms with Crippen LogP contribution in [0.5, 0.6) is 0 Å². The van der Waals surface area contributed by atoms with Crippen molar-refractivity contribution in [1.29, 1.82) is 0 Å². The second-order valence-corrected chi connectivity index (χ2v) is 1.64. The van der Waals surface area contributed by atoms with Gasteiger partial charge < -0.3 is 0 Å². The third kappa shape index (κ3) is 4.02. The Hall–Kier alpha value is 0.0200. The standard InChI is InChI=1S/C4H6BrO/c5-3-1-2-4-6/h2,4H,1,3H2. The van der Waals surface area contributed by atoms with Gasteiger partial charge in [-0.05, 0) is 12.5 Å². The molecule has 0 saturated heterocycles.